The maximum absolute atomic E-state index is 10.5. The van der Waals surface area contributed by atoms with Crippen LogP contribution in [0.5, 0.6) is 0 Å². The highest BCUT2D eigenvalue weighted by Gasteiger charge is 2.20. The molecule has 0 radical (unpaired) electrons. The molecule has 1 amide bonds. The van der Waals surface area contributed by atoms with Crippen molar-refractivity contribution in [2.75, 3.05) is 0 Å². The van der Waals surface area contributed by atoms with Gasteiger partial charge in [0.15, 0.2) is 0 Å². The van der Waals surface area contributed by atoms with E-state index in [1.54, 1.807) is 6.07 Å². The fraction of sp³-hybridized carbons (Fsp3) is 0.250. The lowest BCUT2D eigenvalue weighted by molar-refractivity contribution is -0.137. The van der Waals surface area contributed by atoms with E-state index in [9.17, 15) is 9.59 Å². The molecule has 6 heteroatoms. The molecular weight excluding hydrogens is 254 g/mol. The Bertz CT molecular complexity index is 336. The SMILES string of the molecule is O=CN[C@H](CC(=O)O)c1occc1Br. The number of rotatable bonds is 5. The molecule has 0 saturated heterocycles. The van der Waals surface area contributed by atoms with Gasteiger partial charge in [-0.1, -0.05) is 0 Å². The predicted octanol–water partition coefficient (Wildman–Crippen LogP) is 1.30. The van der Waals surface area contributed by atoms with Gasteiger partial charge in [0.2, 0.25) is 6.41 Å². The summed E-state index contributed by atoms with van der Waals surface area (Å²) in [7, 11) is 0. The molecule has 1 aromatic heterocycles. The largest absolute Gasteiger partial charge is 0.481 e. The van der Waals surface area contributed by atoms with Crippen molar-refractivity contribution >= 4 is 28.3 Å². The second kappa shape index (κ2) is 4.80. The van der Waals surface area contributed by atoms with E-state index in [0.717, 1.165) is 0 Å². The summed E-state index contributed by atoms with van der Waals surface area (Å²) < 4.78 is 5.69. The smallest absolute Gasteiger partial charge is 0.305 e. The summed E-state index contributed by atoms with van der Waals surface area (Å²) in [5.41, 5.74) is 0. The van der Waals surface area contributed by atoms with Crippen LogP contribution in [0.3, 0.4) is 0 Å². The third-order valence-electron chi connectivity index (χ3n) is 1.61. The first-order chi connectivity index (χ1) is 6.65. The van der Waals surface area contributed by atoms with Crippen molar-refractivity contribution < 1.29 is 19.1 Å². The van der Waals surface area contributed by atoms with E-state index in [0.29, 0.717) is 16.6 Å². The number of hydrogen-bond acceptors (Lipinski definition) is 3. The predicted molar refractivity (Wildman–Crippen MR) is 50.6 cm³/mol. The molecule has 0 aliphatic carbocycles. The van der Waals surface area contributed by atoms with Crippen LogP contribution >= 0.6 is 15.9 Å². The molecule has 0 saturated carbocycles. The molecule has 1 atom stereocenters. The van der Waals surface area contributed by atoms with Crippen LogP contribution in [0.4, 0.5) is 0 Å². The second-order valence-electron chi connectivity index (χ2n) is 2.57. The molecule has 0 fully saturated rings. The fourth-order valence-corrected chi connectivity index (χ4v) is 1.52. The van der Waals surface area contributed by atoms with Crippen molar-refractivity contribution in [2.24, 2.45) is 0 Å². The maximum atomic E-state index is 10.5. The van der Waals surface area contributed by atoms with Gasteiger partial charge in [0.25, 0.3) is 0 Å². The van der Waals surface area contributed by atoms with E-state index < -0.39 is 12.0 Å². The van der Waals surface area contributed by atoms with Crippen LogP contribution < -0.4 is 5.32 Å². The molecule has 0 spiro atoms. The van der Waals surface area contributed by atoms with Gasteiger partial charge in [0.1, 0.15) is 5.76 Å². The first kappa shape index (κ1) is 10.8. The third-order valence-corrected chi connectivity index (χ3v) is 2.26. The normalized spacial score (nSPS) is 12.1. The van der Waals surface area contributed by atoms with Crippen LogP contribution in [0, 0.1) is 0 Å². The number of halogens is 1. The minimum Gasteiger partial charge on any atom is -0.481 e. The highest BCUT2D eigenvalue weighted by molar-refractivity contribution is 9.10. The summed E-state index contributed by atoms with van der Waals surface area (Å²) in [6.07, 6.45) is 1.65. The molecule has 0 bridgehead atoms. The van der Waals surface area contributed by atoms with Crippen LogP contribution in [-0.4, -0.2) is 17.5 Å². The number of carbonyl (C=O) groups excluding carboxylic acids is 1. The van der Waals surface area contributed by atoms with Gasteiger partial charge in [0, 0.05) is 0 Å². The number of amides is 1. The van der Waals surface area contributed by atoms with Gasteiger partial charge < -0.3 is 14.8 Å². The van der Waals surface area contributed by atoms with Crippen molar-refractivity contribution in [3.8, 4) is 0 Å². The van der Waals surface area contributed by atoms with E-state index in [2.05, 4.69) is 21.2 Å². The zero-order chi connectivity index (χ0) is 10.6. The molecule has 2 N–H and O–H groups in total. The molecule has 1 heterocycles. The fourth-order valence-electron chi connectivity index (χ4n) is 1.04. The first-order valence-corrected chi connectivity index (χ1v) is 4.59. The van der Waals surface area contributed by atoms with Crippen molar-refractivity contribution in [1.29, 1.82) is 0 Å². The molecule has 0 aliphatic rings. The molecule has 0 unspecified atom stereocenters. The standard InChI is InChI=1S/C8H8BrNO4/c9-5-1-2-14-8(5)6(10-4-11)3-7(12)13/h1-2,4,6H,3H2,(H,10,11)(H,12,13)/t6-/m1/s1. The number of nitrogens with one attached hydrogen (secondary N) is 1. The number of carboxylic acid groups (broad SMARTS) is 1. The Hall–Kier alpha value is -1.30. The Kier molecular flexibility index (Phi) is 3.70. The average Bonchev–Trinajstić information content (AvgIpc) is 2.50. The Labute approximate surface area is 88.2 Å². The topological polar surface area (TPSA) is 79.5 Å². The number of carboxylic acids is 1. The van der Waals surface area contributed by atoms with Crippen molar-refractivity contribution in [3.05, 3.63) is 22.6 Å². The summed E-state index contributed by atoms with van der Waals surface area (Å²) in [5.74, 6) is -0.604. The lowest BCUT2D eigenvalue weighted by Gasteiger charge is -2.10. The highest BCUT2D eigenvalue weighted by atomic mass is 79.9. The van der Waals surface area contributed by atoms with Crippen LogP contribution in [0.25, 0.3) is 0 Å². The van der Waals surface area contributed by atoms with E-state index in [1.165, 1.54) is 6.26 Å². The quantitative estimate of drug-likeness (QED) is 0.784. The molecular formula is C8H8BrNO4. The monoisotopic (exact) mass is 261 g/mol. The van der Waals surface area contributed by atoms with E-state index in [-0.39, 0.29) is 6.42 Å². The first-order valence-electron chi connectivity index (χ1n) is 3.79. The Balaban J connectivity index is 2.82. The number of aliphatic carboxylic acids is 1. The van der Waals surface area contributed by atoms with Gasteiger partial charge in [-0.15, -0.1) is 0 Å². The summed E-state index contributed by atoms with van der Waals surface area (Å²) >= 11 is 3.18. The number of carbonyl (C=O) groups is 2. The Morgan fingerprint density at radius 2 is 2.50 bits per heavy atom. The molecule has 76 valence electrons. The summed E-state index contributed by atoms with van der Waals surface area (Å²) in [4.78, 5) is 20.7. The summed E-state index contributed by atoms with van der Waals surface area (Å²) in [5, 5.41) is 11.0. The van der Waals surface area contributed by atoms with Crippen LogP contribution in [-0.2, 0) is 9.59 Å². The van der Waals surface area contributed by atoms with Gasteiger partial charge in [-0.05, 0) is 22.0 Å². The molecule has 14 heavy (non-hydrogen) atoms. The third kappa shape index (κ3) is 2.59. The molecule has 5 nitrogen and oxygen atoms in total. The summed E-state index contributed by atoms with van der Waals surface area (Å²) in [6, 6.07) is 0.991. The van der Waals surface area contributed by atoms with Gasteiger partial charge in [-0.25, -0.2) is 0 Å². The van der Waals surface area contributed by atoms with Crippen LogP contribution in [0.2, 0.25) is 0 Å². The maximum Gasteiger partial charge on any atom is 0.305 e. The van der Waals surface area contributed by atoms with E-state index in [1.807, 2.05) is 0 Å². The van der Waals surface area contributed by atoms with Crippen LogP contribution in [0.1, 0.15) is 18.2 Å². The van der Waals surface area contributed by atoms with Crippen molar-refractivity contribution in [3.63, 3.8) is 0 Å². The minimum atomic E-state index is -1.01. The van der Waals surface area contributed by atoms with Crippen molar-refractivity contribution in [2.45, 2.75) is 12.5 Å². The van der Waals surface area contributed by atoms with Gasteiger partial charge in [0.05, 0.1) is 23.2 Å². The van der Waals surface area contributed by atoms with E-state index in [4.69, 9.17) is 9.52 Å². The summed E-state index contributed by atoms with van der Waals surface area (Å²) in [6.45, 7) is 0. The molecule has 0 aromatic carbocycles. The highest BCUT2D eigenvalue weighted by Crippen LogP contribution is 2.26. The number of furan rings is 1. The zero-order valence-corrected chi connectivity index (χ0v) is 8.65. The van der Waals surface area contributed by atoms with Gasteiger partial charge in [-0.3, -0.25) is 9.59 Å². The van der Waals surface area contributed by atoms with Gasteiger partial charge in [-0.2, -0.15) is 0 Å². The average molecular weight is 262 g/mol. The Morgan fingerprint density at radius 3 is 2.93 bits per heavy atom. The van der Waals surface area contributed by atoms with Crippen LogP contribution in [0.15, 0.2) is 21.2 Å². The zero-order valence-electron chi connectivity index (χ0n) is 7.07. The minimum absolute atomic E-state index is 0.217. The molecule has 1 aromatic rings. The molecule has 0 aliphatic heterocycles. The lowest BCUT2D eigenvalue weighted by atomic mass is 10.1. The lowest BCUT2D eigenvalue weighted by Crippen LogP contribution is -2.22. The van der Waals surface area contributed by atoms with Crippen molar-refractivity contribution in [1.82, 2.24) is 5.32 Å². The van der Waals surface area contributed by atoms with Gasteiger partial charge >= 0.3 is 5.97 Å². The molecule has 1 rings (SSSR count). The number of hydrogen-bond donors (Lipinski definition) is 2. The second-order valence-corrected chi connectivity index (χ2v) is 3.42. The van der Waals surface area contributed by atoms with E-state index >= 15 is 0 Å². The Morgan fingerprint density at radius 1 is 1.79 bits per heavy atom.